The maximum atomic E-state index is 13.2. The van der Waals surface area contributed by atoms with Crippen LogP contribution in [0.4, 0.5) is 0 Å². The van der Waals surface area contributed by atoms with E-state index < -0.39 is 23.1 Å². The number of ether oxygens (including phenoxy) is 5. The van der Waals surface area contributed by atoms with Crippen molar-refractivity contribution in [2.45, 2.75) is 63.3 Å². The van der Waals surface area contributed by atoms with Crippen LogP contribution in [0.2, 0.25) is 0 Å². The highest BCUT2D eigenvalue weighted by molar-refractivity contribution is 6.09. The molecular formula is C21H28O7. The summed E-state index contributed by atoms with van der Waals surface area (Å²) < 4.78 is 27.9. The minimum absolute atomic E-state index is 0.172. The number of carbonyl (C=O) groups excluding carboxylic acids is 2. The zero-order valence-electron chi connectivity index (χ0n) is 17.3. The second-order valence-electron chi connectivity index (χ2n) is 8.19. The molecule has 2 aliphatic rings. The Hall–Kier alpha value is -2.28. The first-order chi connectivity index (χ1) is 13.2. The highest BCUT2D eigenvalue weighted by atomic mass is 16.6. The first-order valence-corrected chi connectivity index (χ1v) is 9.40. The Labute approximate surface area is 165 Å². The fourth-order valence-corrected chi connectivity index (χ4v) is 4.07. The van der Waals surface area contributed by atoms with Crippen molar-refractivity contribution in [2.24, 2.45) is 0 Å². The predicted octanol–water partition coefficient (Wildman–Crippen LogP) is 3.03. The van der Waals surface area contributed by atoms with E-state index in [2.05, 4.69) is 0 Å². The van der Waals surface area contributed by atoms with Crippen LogP contribution in [0.5, 0.6) is 17.2 Å². The van der Waals surface area contributed by atoms with E-state index in [0.29, 0.717) is 36.5 Å². The van der Waals surface area contributed by atoms with E-state index in [1.807, 2.05) is 0 Å². The molecule has 0 N–H and O–H groups in total. The summed E-state index contributed by atoms with van der Waals surface area (Å²) in [5, 5.41) is 0. The van der Waals surface area contributed by atoms with Gasteiger partial charge in [0.15, 0.2) is 17.3 Å². The van der Waals surface area contributed by atoms with Gasteiger partial charge in [0, 0.05) is 12.3 Å². The van der Waals surface area contributed by atoms with Gasteiger partial charge < -0.3 is 23.7 Å². The molecule has 2 aliphatic heterocycles. The fraction of sp³-hybridized carbons (Fsp3) is 0.619. The number of hydrogen-bond donors (Lipinski definition) is 0. The van der Waals surface area contributed by atoms with E-state index >= 15 is 0 Å². The number of Topliss-reactive ketones (excluding diaryl/α,β-unsaturated/α-hetero) is 1. The van der Waals surface area contributed by atoms with E-state index in [-0.39, 0.29) is 11.9 Å². The summed E-state index contributed by atoms with van der Waals surface area (Å²) in [7, 11) is 4.58. The fourth-order valence-electron chi connectivity index (χ4n) is 4.07. The van der Waals surface area contributed by atoms with Gasteiger partial charge >= 0.3 is 5.97 Å². The van der Waals surface area contributed by atoms with Crippen molar-refractivity contribution < 1.29 is 33.3 Å². The first kappa shape index (κ1) is 20.5. The third kappa shape index (κ3) is 3.32. The second-order valence-corrected chi connectivity index (χ2v) is 8.19. The van der Waals surface area contributed by atoms with Crippen LogP contribution in [0.1, 0.15) is 51.5 Å². The van der Waals surface area contributed by atoms with E-state index in [1.54, 1.807) is 32.9 Å². The number of carbonyl (C=O) groups is 2. The van der Waals surface area contributed by atoms with Crippen molar-refractivity contribution in [3.63, 3.8) is 0 Å². The molecule has 2 saturated heterocycles. The smallest absolute Gasteiger partial charge is 0.347 e. The summed E-state index contributed by atoms with van der Waals surface area (Å²) >= 11 is 0. The number of ketones is 1. The lowest BCUT2D eigenvalue weighted by atomic mass is 9.79. The van der Waals surface area contributed by atoms with Crippen LogP contribution < -0.4 is 14.2 Å². The summed E-state index contributed by atoms with van der Waals surface area (Å²) in [6, 6.07) is 3.55. The zero-order chi connectivity index (χ0) is 20.7. The molecule has 3 rings (SSSR count). The predicted molar refractivity (Wildman–Crippen MR) is 101 cm³/mol. The van der Waals surface area contributed by atoms with Gasteiger partial charge in [0.05, 0.1) is 27.4 Å². The molecule has 7 heteroatoms. The molecule has 3 atom stereocenters. The summed E-state index contributed by atoms with van der Waals surface area (Å²) in [5.41, 5.74) is -1.65. The van der Waals surface area contributed by atoms with Gasteiger partial charge in [-0.15, -0.1) is 0 Å². The van der Waals surface area contributed by atoms with Crippen molar-refractivity contribution in [2.75, 3.05) is 21.3 Å². The van der Waals surface area contributed by atoms with Gasteiger partial charge in [-0.1, -0.05) is 0 Å². The molecule has 154 valence electrons. The Morgan fingerprint density at radius 1 is 1.11 bits per heavy atom. The lowest BCUT2D eigenvalue weighted by Gasteiger charge is -2.36. The normalized spacial score (nSPS) is 26.7. The van der Waals surface area contributed by atoms with E-state index in [9.17, 15) is 9.59 Å². The average Bonchev–Trinajstić information content (AvgIpc) is 2.98. The number of fused-ring (bicyclic) bond motifs is 2. The van der Waals surface area contributed by atoms with E-state index in [0.717, 1.165) is 5.56 Å². The third-order valence-electron chi connectivity index (χ3n) is 5.24. The van der Waals surface area contributed by atoms with Gasteiger partial charge in [0.25, 0.3) is 0 Å². The Morgan fingerprint density at radius 2 is 1.71 bits per heavy atom. The van der Waals surface area contributed by atoms with Crippen LogP contribution >= 0.6 is 0 Å². The average molecular weight is 392 g/mol. The van der Waals surface area contributed by atoms with Crippen molar-refractivity contribution in [1.82, 2.24) is 0 Å². The minimum atomic E-state index is -1.64. The monoisotopic (exact) mass is 392 g/mol. The van der Waals surface area contributed by atoms with Gasteiger partial charge in [0.1, 0.15) is 5.60 Å². The molecule has 7 nitrogen and oxygen atoms in total. The van der Waals surface area contributed by atoms with Crippen molar-refractivity contribution in [3.05, 3.63) is 17.7 Å². The molecule has 0 amide bonds. The molecule has 2 fully saturated rings. The van der Waals surface area contributed by atoms with Crippen LogP contribution in [-0.2, 0) is 19.1 Å². The molecule has 0 unspecified atom stereocenters. The molecule has 28 heavy (non-hydrogen) atoms. The molecule has 0 aromatic heterocycles. The Bertz CT molecular complexity index is 754. The second kappa shape index (κ2) is 7.28. The Kier molecular flexibility index (Phi) is 5.32. The van der Waals surface area contributed by atoms with Crippen molar-refractivity contribution in [3.8, 4) is 17.2 Å². The van der Waals surface area contributed by atoms with Crippen LogP contribution in [0.3, 0.4) is 0 Å². The summed E-state index contributed by atoms with van der Waals surface area (Å²) in [5.74, 6) is 0.0136. The lowest BCUT2D eigenvalue weighted by molar-refractivity contribution is -0.190. The SMILES string of the molecule is COc1cc([C@@H]2C[C@@H]3CCC(=O)[C@@]2(C(=O)OC(C)(C)C)O3)cc(OC)c1OC. The minimum Gasteiger partial charge on any atom is -0.493 e. The molecule has 2 heterocycles. The maximum Gasteiger partial charge on any atom is 0.347 e. The topological polar surface area (TPSA) is 80.3 Å². The molecular weight excluding hydrogens is 364 g/mol. The molecule has 1 aromatic carbocycles. The number of hydrogen-bond acceptors (Lipinski definition) is 7. The lowest BCUT2D eigenvalue weighted by Crippen LogP contribution is -2.54. The molecule has 0 spiro atoms. The van der Waals surface area contributed by atoms with Gasteiger partial charge in [-0.05, 0) is 51.3 Å². The largest absolute Gasteiger partial charge is 0.493 e. The third-order valence-corrected chi connectivity index (χ3v) is 5.24. The van der Waals surface area contributed by atoms with Crippen LogP contribution in [-0.4, -0.2) is 50.4 Å². The zero-order valence-corrected chi connectivity index (χ0v) is 17.3. The molecule has 2 bridgehead atoms. The van der Waals surface area contributed by atoms with Gasteiger partial charge in [-0.2, -0.15) is 0 Å². The Morgan fingerprint density at radius 3 is 2.21 bits per heavy atom. The summed E-state index contributed by atoms with van der Waals surface area (Å²) in [6.45, 7) is 5.32. The maximum absolute atomic E-state index is 13.2. The molecule has 1 aromatic rings. The van der Waals surface area contributed by atoms with E-state index in [4.69, 9.17) is 23.7 Å². The van der Waals surface area contributed by atoms with Crippen LogP contribution in [0, 0.1) is 0 Å². The number of methoxy groups -OCH3 is 3. The number of esters is 1. The molecule has 0 aliphatic carbocycles. The van der Waals surface area contributed by atoms with Crippen molar-refractivity contribution in [1.29, 1.82) is 0 Å². The number of rotatable bonds is 5. The Balaban J connectivity index is 2.12. The first-order valence-electron chi connectivity index (χ1n) is 9.40. The van der Waals surface area contributed by atoms with Gasteiger partial charge in [0.2, 0.25) is 11.4 Å². The highest BCUT2D eigenvalue weighted by Crippen LogP contribution is 2.52. The molecule has 0 saturated carbocycles. The quantitative estimate of drug-likeness (QED) is 0.563. The van der Waals surface area contributed by atoms with Gasteiger partial charge in [-0.3, -0.25) is 4.79 Å². The standard InChI is InChI=1S/C21H28O7/c1-20(2,3)28-19(23)21-14(11-13(27-21)7-8-17(21)22)12-9-15(24-4)18(26-6)16(10-12)25-5/h9-10,13-14H,7-8,11H2,1-6H3/t13-,14-,21-/m0/s1. The summed E-state index contributed by atoms with van der Waals surface area (Å²) in [6.07, 6.45) is 1.27. The van der Waals surface area contributed by atoms with Crippen LogP contribution in [0.25, 0.3) is 0 Å². The van der Waals surface area contributed by atoms with Crippen molar-refractivity contribution >= 4 is 11.8 Å². The summed E-state index contributed by atoms with van der Waals surface area (Å²) in [4.78, 5) is 26.2. The van der Waals surface area contributed by atoms with Gasteiger partial charge in [-0.25, -0.2) is 4.79 Å². The molecule has 0 radical (unpaired) electrons. The number of benzene rings is 1. The van der Waals surface area contributed by atoms with Crippen LogP contribution in [0.15, 0.2) is 12.1 Å². The van der Waals surface area contributed by atoms with E-state index in [1.165, 1.54) is 21.3 Å². The highest BCUT2D eigenvalue weighted by Gasteiger charge is 2.63.